The average molecular weight is 460 g/mol. The van der Waals surface area contributed by atoms with E-state index in [0.717, 1.165) is 17.5 Å². The Bertz CT molecular complexity index is 1090. The number of rotatable bonds is 7. The quantitative estimate of drug-likeness (QED) is 0.379. The molecule has 2 aromatic rings. The highest BCUT2D eigenvalue weighted by molar-refractivity contribution is 7.91. The number of carbonyl (C=O) groups is 3. The van der Waals surface area contributed by atoms with E-state index in [-0.39, 0.29) is 44.3 Å². The van der Waals surface area contributed by atoms with E-state index in [1.165, 1.54) is 13.8 Å². The van der Waals surface area contributed by atoms with Crippen molar-refractivity contribution in [3.05, 3.63) is 32.9 Å². The zero-order valence-corrected chi connectivity index (χ0v) is 18.4. The first-order valence-corrected chi connectivity index (χ1v) is 11.3. The van der Waals surface area contributed by atoms with Crippen molar-refractivity contribution in [3.63, 3.8) is 0 Å². The Kier molecular flexibility index (Phi) is 7.09. The minimum atomic E-state index is -3.76. The molecule has 0 radical (unpaired) electrons. The van der Waals surface area contributed by atoms with Gasteiger partial charge in [-0.25, -0.2) is 23.2 Å². The summed E-state index contributed by atoms with van der Waals surface area (Å²) in [5.74, 6) is -2.09. The summed E-state index contributed by atoms with van der Waals surface area (Å²) in [6, 6.07) is 0. The van der Waals surface area contributed by atoms with Crippen molar-refractivity contribution in [2.75, 3.05) is 17.7 Å². The number of sulfone groups is 1. The van der Waals surface area contributed by atoms with Crippen molar-refractivity contribution in [2.24, 2.45) is 0 Å². The van der Waals surface area contributed by atoms with Crippen LogP contribution in [0.25, 0.3) is 0 Å². The molecule has 29 heavy (non-hydrogen) atoms. The van der Waals surface area contributed by atoms with Crippen molar-refractivity contribution in [3.8, 4) is 0 Å². The molecule has 1 N–H and O–H groups in total. The lowest BCUT2D eigenvalue weighted by molar-refractivity contribution is 0.0527. The van der Waals surface area contributed by atoms with Gasteiger partial charge in [-0.15, -0.1) is 11.3 Å². The molecule has 0 aromatic carbocycles. The summed E-state index contributed by atoms with van der Waals surface area (Å²) in [5, 5.41) is 1.85. The number of nitrogens with one attached hydrogen (secondary N) is 1. The summed E-state index contributed by atoms with van der Waals surface area (Å²) >= 11 is 6.87. The number of ether oxygens (including phenoxy) is 1. The molecule has 0 aliphatic carbocycles. The number of esters is 1. The van der Waals surface area contributed by atoms with Gasteiger partial charge in [-0.1, -0.05) is 18.5 Å². The monoisotopic (exact) mass is 459 g/mol. The normalized spacial score (nSPS) is 11.2. The summed E-state index contributed by atoms with van der Waals surface area (Å²) in [6.45, 7) is 6.05. The van der Waals surface area contributed by atoms with Crippen molar-refractivity contribution < 1.29 is 27.5 Å². The van der Waals surface area contributed by atoms with Crippen LogP contribution in [0.15, 0.2) is 11.4 Å². The van der Waals surface area contributed by atoms with Crippen LogP contribution in [0.3, 0.4) is 0 Å². The first-order chi connectivity index (χ1) is 13.5. The van der Waals surface area contributed by atoms with E-state index in [0.29, 0.717) is 5.56 Å². The molecule has 0 atom stereocenters. The van der Waals surface area contributed by atoms with Crippen molar-refractivity contribution >= 4 is 55.4 Å². The average Bonchev–Trinajstić information content (AvgIpc) is 2.98. The second kappa shape index (κ2) is 8.97. The van der Waals surface area contributed by atoms with E-state index in [9.17, 15) is 22.8 Å². The number of thiophene rings is 1. The second-order valence-corrected chi connectivity index (χ2v) is 9.34. The molecule has 0 unspecified atom stereocenters. The zero-order chi connectivity index (χ0) is 21.9. The lowest BCUT2D eigenvalue weighted by atomic mass is 10.1. The van der Waals surface area contributed by atoms with E-state index in [1.807, 2.05) is 0 Å². The first kappa shape index (κ1) is 22.9. The van der Waals surface area contributed by atoms with Crippen molar-refractivity contribution in [1.82, 2.24) is 9.97 Å². The van der Waals surface area contributed by atoms with Gasteiger partial charge in [-0.05, 0) is 26.3 Å². The van der Waals surface area contributed by atoms with Crippen LogP contribution < -0.4 is 5.32 Å². The second-order valence-electron chi connectivity index (χ2n) is 5.74. The maximum atomic E-state index is 12.7. The number of hydrogen-bond donors (Lipinski definition) is 1. The van der Waals surface area contributed by atoms with Crippen LogP contribution in [0.4, 0.5) is 5.00 Å². The SMILES string of the molecule is CCOC(=O)c1c(NC(=O)c2nc(S(=O)(=O)CC)ncc2Cl)sc(C(C)=O)c1C. The fraction of sp³-hybridized carbons (Fsp3) is 0.353. The smallest absolute Gasteiger partial charge is 0.341 e. The van der Waals surface area contributed by atoms with Gasteiger partial charge in [0.05, 0.1) is 34.0 Å². The molecule has 9 nitrogen and oxygen atoms in total. The van der Waals surface area contributed by atoms with Crippen LogP contribution in [0.2, 0.25) is 5.02 Å². The molecule has 2 aromatic heterocycles. The topological polar surface area (TPSA) is 132 Å². The van der Waals surface area contributed by atoms with E-state index < -0.39 is 26.9 Å². The third kappa shape index (κ3) is 4.80. The molecule has 2 heterocycles. The number of nitrogens with zero attached hydrogens (tertiary/aromatic N) is 2. The summed E-state index contributed by atoms with van der Waals surface area (Å²) in [5.41, 5.74) is 0.0418. The molecule has 0 saturated heterocycles. The van der Waals surface area contributed by atoms with Crippen LogP contribution in [0.5, 0.6) is 0 Å². The Morgan fingerprint density at radius 2 is 1.93 bits per heavy atom. The molecule has 0 aliphatic heterocycles. The Labute approximate surface area is 176 Å². The van der Waals surface area contributed by atoms with Crippen LogP contribution in [0, 0.1) is 6.92 Å². The molecule has 156 valence electrons. The van der Waals surface area contributed by atoms with Gasteiger partial charge in [0, 0.05) is 0 Å². The van der Waals surface area contributed by atoms with Gasteiger partial charge in [-0.2, -0.15) is 0 Å². The summed E-state index contributed by atoms with van der Waals surface area (Å²) < 4.78 is 29.0. The summed E-state index contributed by atoms with van der Waals surface area (Å²) in [7, 11) is -3.76. The third-order valence-corrected chi connectivity index (χ3v) is 6.87. The highest BCUT2D eigenvalue weighted by atomic mass is 35.5. The van der Waals surface area contributed by atoms with Crippen LogP contribution in [0.1, 0.15) is 56.9 Å². The van der Waals surface area contributed by atoms with Crippen LogP contribution >= 0.6 is 22.9 Å². The Hall–Kier alpha value is -2.37. The summed E-state index contributed by atoms with van der Waals surface area (Å²) in [4.78, 5) is 44.6. The number of amides is 1. The van der Waals surface area contributed by atoms with Crippen LogP contribution in [-0.2, 0) is 14.6 Å². The standard InChI is InChI=1S/C17H18ClN3O6S2/c1-5-27-16(24)11-8(3)13(9(4)22)28-15(11)21-14(23)12-10(18)7-19-17(20-12)29(25,26)6-2/h7H,5-6H2,1-4H3,(H,21,23). The molecule has 0 spiro atoms. The highest BCUT2D eigenvalue weighted by Crippen LogP contribution is 2.34. The Morgan fingerprint density at radius 1 is 1.28 bits per heavy atom. The number of Topliss-reactive ketones (excluding diaryl/α,β-unsaturated/α-hetero) is 1. The molecule has 2 rings (SSSR count). The molecule has 0 bridgehead atoms. The van der Waals surface area contributed by atoms with Gasteiger partial charge in [0.15, 0.2) is 11.5 Å². The molecule has 1 amide bonds. The number of anilines is 1. The van der Waals surface area contributed by atoms with Crippen molar-refractivity contribution in [1.29, 1.82) is 0 Å². The van der Waals surface area contributed by atoms with Gasteiger partial charge < -0.3 is 10.1 Å². The van der Waals surface area contributed by atoms with E-state index >= 15 is 0 Å². The highest BCUT2D eigenvalue weighted by Gasteiger charge is 2.27. The maximum Gasteiger partial charge on any atom is 0.341 e. The molecule has 0 fully saturated rings. The maximum absolute atomic E-state index is 12.7. The van der Waals surface area contributed by atoms with Gasteiger partial charge in [-0.3, -0.25) is 9.59 Å². The predicted molar refractivity (Wildman–Crippen MR) is 108 cm³/mol. The minimum absolute atomic E-state index is 0.0435. The Balaban J connectivity index is 2.51. The number of halogens is 1. The summed E-state index contributed by atoms with van der Waals surface area (Å²) in [6.07, 6.45) is 1.01. The van der Waals surface area contributed by atoms with Crippen molar-refractivity contribution in [2.45, 2.75) is 32.9 Å². The minimum Gasteiger partial charge on any atom is -0.462 e. The van der Waals surface area contributed by atoms with Gasteiger partial charge in [0.25, 0.3) is 5.91 Å². The lowest BCUT2D eigenvalue weighted by Crippen LogP contribution is -2.19. The van der Waals surface area contributed by atoms with E-state index in [4.69, 9.17) is 16.3 Å². The largest absolute Gasteiger partial charge is 0.462 e. The fourth-order valence-electron chi connectivity index (χ4n) is 2.34. The zero-order valence-electron chi connectivity index (χ0n) is 16.0. The fourth-order valence-corrected chi connectivity index (χ4v) is 4.30. The van der Waals surface area contributed by atoms with Crippen LogP contribution in [-0.4, -0.2) is 48.4 Å². The van der Waals surface area contributed by atoms with E-state index in [2.05, 4.69) is 15.3 Å². The number of hydrogen-bond acceptors (Lipinski definition) is 9. The van der Waals surface area contributed by atoms with Gasteiger partial charge >= 0.3 is 5.97 Å². The van der Waals surface area contributed by atoms with E-state index in [1.54, 1.807) is 13.8 Å². The predicted octanol–water partition coefficient (Wildman–Crippen LogP) is 2.93. The lowest BCUT2D eigenvalue weighted by Gasteiger charge is -2.08. The number of ketones is 1. The molecular weight excluding hydrogens is 442 g/mol. The first-order valence-electron chi connectivity index (χ1n) is 8.41. The molecule has 0 aliphatic rings. The molecule has 0 saturated carbocycles. The molecule has 12 heteroatoms. The Morgan fingerprint density at radius 3 is 2.48 bits per heavy atom. The number of aromatic nitrogens is 2. The van der Waals surface area contributed by atoms with Gasteiger partial charge in [0.2, 0.25) is 15.0 Å². The molecular formula is C17H18ClN3O6S2. The third-order valence-electron chi connectivity index (χ3n) is 3.77. The number of carbonyl (C=O) groups excluding carboxylic acids is 3. The van der Waals surface area contributed by atoms with Gasteiger partial charge in [0.1, 0.15) is 5.00 Å².